The summed E-state index contributed by atoms with van der Waals surface area (Å²) in [7, 11) is 0. The molecule has 2 rings (SSSR count). The fourth-order valence-electron chi connectivity index (χ4n) is 3.82. The second-order valence-electron chi connectivity index (χ2n) is 6.51. The summed E-state index contributed by atoms with van der Waals surface area (Å²) in [4.78, 5) is 27.0. The Morgan fingerprint density at radius 1 is 1.29 bits per heavy atom. The molecule has 0 radical (unpaired) electrons. The van der Waals surface area contributed by atoms with Crippen LogP contribution in [0.25, 0.3) is 0 Å². The van der Waals surface area contributed by atoms with Gasteiger partial charge in [0.15, 0.2) is 0 Å². The Morgan fingerprint density at radius 3 is 2.62 bits per heavy atom. The molecule has 1 atom stereocenters. The second-order valence-corrected chi connectivity index (χ2v) is 6.51. The lowest BCUT2D eigenvalue weighted by molar-refractivity contribution is -0.145. The first kappa shape index (κ1) is 16.3. The number of nitrogens with one attached hydrogen (secondary N) is 1. The number of nitrogens with zero attached hydrogens (tertiary/aromatic N) is 1. The van der Waals surface area contributed by atoms with Crippen LogP contribution in [-0.2, 0) is 9.59 Å². The van der Waals surface area contributed by atoms with Gasteiger partial charge in [0.25, 0.3) is 0 Å². The third-order valence-electron chi connectivity index (χ3n) is 5.21. The maximum absolute atomic E-state index is 12.9. The van der Waals surface area contributed by atoms with Crippen molar-refractivity contribution >= 4 is 11.8 Å². The molecule has 0 spiro atoms. The van der Waals surface area contributed by atoms with Crippen molar-refractivity contribution in [1.29, 1.82) is 0 Å². The van der Waals surface area contributed by atoms with Gasteiger partial charge < -0.3 is 16.0 Å². The van der Waals surface area contributed by atoms with Crippen LogP contribution in [0, 0.1) is 11.3 Å². The normalized spacial score (nSPS) is 24.9. The third kappa shape index (κ3) is 3.57. The van der Waals surface area contributed by atoms with Crippen LogP contribution in [0.4, 0.5) is 0 Å². The fourth-order valence-corrected chi connectivity index (χ4v) is 3.82. The monoisotopic (exact) mass is 295 g/mol. The first-order valence-electron chi connectivity index (χ1n) is 8.40. The van der Waals surface area contributed by atoms with Gasteiger partial charge in [-0.1, -0.05) is 19.8 Å². The topological polar surface area (TPSA) is 75.4 Å². The van der Waals surface area contributed by atoms with Crippen molar-refractivity contribution in [2.24, 2.45) is 17.1 Å². The molecule has 120 valence electrons. The number of hydrogen-bond acceptors (Lipinski definition) is 3. The molecule has 2 amide bonds. The van der Waals surface area contributed by atoms with Crippen molar-refractivity contribution in [1.82, 2.24) is 10.2 Å². The molecule has 1 heterocycles. The van der Waals surface area contributed by atoms with Gasteiger partial charge in [0.05, 0.1) is 5.92 Å². The van der Waals surface area contributed by atoms with E-state index in [1.165, 1.54) is 0 Å². The Morgan fingerprint density at radius 2 is 2.00 bits per heavy atom. The van der Waals surface area contributed by atoms with Crippen LogP contribution in [0.3, 0.4) is 0 Å². The molecule has 21 heavy (non-hydrogen) atoms. The van der Waals surface area contributed by atoms with E-state index in [2.05, 4.69) is 12.2 Å². The zero-order valence-electron chi connectivity index (χ0n) is 13.2. The maximum Gasteiger partial charge on any atom is 0.228 e. The van der Waals surface area contributed by atoms with E-state index < -0.39 is 0 Å². The number of likely N-dealkylation sites (tertiary alicyclic amines) is 1. The van der Waals surface area contributed by atoms with Crippen molar-refractivity contribution in [3.8, 4) is 0 Å². The van der Waals surface area contributed by atoms with E-state index in [0.29, 0.717) is 25.5 Å². The second kappa shape index (κ2) is 7.25. The summed E-state index contributed by atoms with van der Waals surface area (Å²) in [6.45, 7) is 4.49. The number of rotatable bonds is 5. The molecule has 0 bridgehead atoms. The Bertz CT molecular complexity index is 378. The van der Waals surface area contributed by atoms with Crippen LogP contribution in [0.1, 0.15) is 51.9 Å². The summed E-state index contributed by atoms with van der Waals surface area (Å²) in [5, 5.41) is 2.85. The lowest BCUT2D eigenvalue weighted by atomic mass is 9.81. The molecule has 1 aliphatic heterocycles. The molecule has 1 unspecified atom stereocenters. The number of hydrogen-bond donors (Lipinski definition) is 2. The standard InChI is InChI=1S/C16H29N3O2/c1-2-16(7-3-4-8-16)15(21)19-11-5-6-13(12-19)14(20)18-10-9-17/h13H,2-12,17H2,1H3,(H,18,20). The van der Waals surface area contributed by atoms with Gasteiger partial charge in [-0.3, -0.25) is 9.59 Å². The van der Waals surface area contributed by atoms with Gasteiger partial charge in [-0.05, 0) is 32.1 Å². The minimum Gasteiger partial charge on any atom is -0.355 e. The van der Waals surface area contributed by atoms with Crippen LogP contribution in [-0.4, -0.2) is 42.9 Å². The quantitative estimate of drug-likeness (QED) is 0.802. The zero-order chi connectivity index (χ0) is 15.3. The van der Waals surface area contributed by atoms with Crippen molar-refractivity contribution in [2.45, 2.75) is 51.9 Å². The van der Waals surface area contributed by atoms with Crippen molar-refractivity contribution in [3.05, 3.63) is 0 Å². The van der Waals surface area contributed by atoms with Crippen LogP contribution >= 0.6 is 0 Å². The summed E-state index contributed by atoms with van der Waals surface area (Å²) in [6, 6.07) is 0. The average molecular weight is 295 g/mol. The highest BCUT2D eigenvalue weighted by atomic mass is 16.2. The lowest BCUT2D eigenvalue weighted by Gasteiger charge is -2.38. The van der Waals surface area contributed by atoms with Crippen LogP contribution in [0.15, 0.2) is 0 Å². The number of nitrogens with two attached hydrogens (primary N) is 1. The highest BCUT2D eigenvalue weighted by Gasteiger charge is 2.43. The van der Waals surface area contributed by atoms with E-state index >= 15 is 0 Å². The molecule has 5 heteroatoms. The summed E-state index contributed by atoms with van der Waals surface area (Å²) >= 11 is 0. The lowest BCUT2D eigenvalue weighted by Crippen LogP contribution is -2.50. The first-order chi connectivity index (χ1) is 10.1. The van der Waals surface area contributed by atoms with Crippen LogP contribution in [0.5, 0.6) is 0 Å². The summed E-state index contributed by atoms with van der Waals surface area (Å²) in [5.41, 5.74) is 5.28. The van der Waals surface area contributed by atoms with Crippen molar-refractivity contribution < 1.29 is 9.59 Å². The first-order valence-corrected chi connectivity index (χ1v) is 8.40. The Balaban J connectivity index is 1.97. The molecule has 1 aliphatic carbocycles. The summed E-state index contributed by atoms with van der Waals surface area (Å²) in [6.07, 6.45) is 7.07. The summed E-state index contributed by atoms with van der Waals surface area (Å²) in [5.74, 6) is 0.276. The molecular weight excluding hydrogens is 266 g/mol. The van der Waals surface area contributed by atoms with Crippen LogP contribution in [0.2, 0.25) is 0 Å². The van der Waals surface area contributed by atoms with E-state index in [9.17, 15) is 9.59 Å². The van der Waals surface area contributed by atoms with E-state index in [-0.39, 0.29) is 17.2 Å². The van der Waals surface area contributed by atoms with Gasteiger partial charge in [-0.25, -0.2) is 0 Å². The minimum atomic E-state index is -0.143. The highest BCUT2D eigenvalue weighted by Crippen LogP contribution is 2.43. The number of carbonyl (C=O) groups is 2. The number of carbonyl (C=O) groups excluding carboxylic acids is 2. The maximum atomic E-state index is 12.9. The predicted molar refractivity (Wildman–Crippen MR) is 82.6 cm³/mol. The molecule has 2 fully saturated rings. The Labute approximate surface area is 127 Å². The molecule has 5 nitrogen and oxygen atoms in total. The van der Waals surface area contributed by atoms with Crippen molar-refractivity contribution in [3.63, 3.8) is 0 Å². The Kier molecular flexibility index (Phi) is 5.62. The average Bonchev–Trinajstić information content (AvgIpc) is 3.02. The molecule has 0 aromatic heterocycles. The SMILES string of the molecule is CCC1(C(=O)N2CCCC(C(=O)NCCN)C2)CCCC1. The molecule has 3 N–H and O–H groups in total. The Hall–Kier alpha value is -1.10. The summed E-state index contributed by atoms with van der Waals surface area (Å²) < 4.78 is 0. The highest BCUT2D eigenvalue weighted by molar-refractivity contribution is 5.85. The molecule has 1 saturated heterocycles. The number of piperidine rings is 1. The van der Waals surface area contributed by atoms with Crippen molar-refractivity contribution in [2.75, 3.05) is 26.2 Å². The molecule has 0 aromatic carbocycles. The van der Waals surface area contributed by atoms with Crippen LogP contribution < -0.4 is 11.1 Å². The smallest absolute Gasteiger partial charge is 0.228 e. The minimum absolute atomic E-state index is 0.0509. The molecule has 0 aromatic rings. The largest absolute Gasteiger partial charge is 0.355 e. The van der Waals surface area contributed by atoms with Gasteiger partial charge in [-0.15, -0.1) is 0 Å². The molecule has 1 saturated carbocycles. The van der Waals surface area contributed by atoms with Gasteiger partial charge in [0, 0.05) is 31.6 Å². The fraction of sp³-hybridized carbons (Fsp3) is 0.875. The predicted octanol–water partition coefficient (Wildman–Crippen LogP) is 1.27. The van der Waals surface area contributed by atoms with Gasteiger partial charge >= 0.3 is 0 Å². The van der Waals surface area contributed by atoms with Gasteiger partial charge in [-0.2, -0.15) is 0 Å². The molecule has 2 aliphatic rings. The van der Waals surface area contributed by atoms with E-state index in [4.69, 9.17) is 5.73 Å². The zero-order valence-corrected chi connectivity index (χ0v) is 13.2. The van der Waals surface area contributed by atoms with E-state index in [1.54, 1.807) is 0 Å². The number of amides is 2. The third-order valence-corrected chi connectivity index (χ3v) is 5.21. The van der Waals surface area contributed by atoms with E-state index in [0.717, 1.165) is 51.5 Å². The van der Waals surface area contributed by atoms with Gasteiger partial charge in [0.1, 0.15) is 0 Å². The van der Waals surface area contributed by atoms with Gasteiger partial charge in [0.2, 0.25) is 11.8 Å². The van der Waals surface area contributed by atoms with E-state index in [1.807, 2.05) is 4.90 Å². The molecular formula is C16H29N3O2.